The largest absolute Gasteiger partial charge is 0.508 e. The minimum absolute atomic E-state index is 0.0340. The Balaban J connectivity index is 0.000000614. The van der Waals surface area contributed by atoms with Crippen LogP contribution in [0.3, 0.4) is 0 Å². The van der Waals surface area contributed by atoms with Gasteiger partial charge in [-0.2, -0.15) is 8.42 Å². The second-order valence-corrected chi connectivity index (χ2v) is 8.61. The predicted octanol–water partition coefficient (Wildman–Crippen LogP) is 2.16. The van der Waals surface area contributed by atoms with Gasteiger partial charge in [-0.1, -0.05) is 0 Å². The first-order valence-electron chi connectivity index (χ1n) is 9.15. The molecule has 168 valence electrons. The normalized spacial score (nSPS) is 11.4. The van der Waals surface area contributed by atoms with Crippen LogP contribution >= 0.6 is 0 Å². The van der Waals surface area contributed by atoms with E-state index in [2.05, 4.69) is 15.2 Å². The number of aromatic nitrogens is 1. The van der Waals surface area contributed by atoms with Gasteiger partial charge in [0.1, 0.15) is 11.3 Å². The Bertz CT molecular complexity index is 1260. The van der Waals surface area contributed by atoms with E-state index in [-0.39, 0.29) is 33.2 Å². The number of nitrogens with one attached hydrogen (secondary N) is 2. The van der Waals surface area contributed by atoms with Crippen LogP contribution in [0.2, 0.25) is 0 Å². The SMILES string of the molecule is CN(C)CCCNc1ccc([N+](=O)[O-])c2[nH]c3ccc(O)cc3c(=O)c12.CS(=O)(=O)O. The van der Waals surface area contributed by atoms with Gasteiger partial charge < -0.3 is 20.3 Å². The van der Waals surface area contributed by atoms with Crippen molar-refractivity contribution in [2.24, 2.45) is 0 Å². The highest BCUT2D eigenvalue weighted by atomic mass is 32.2. The molecule has 0 aliphatic rings. The summed E-state index contributed by atoms with van der Waals surface area (Å²) in [4.78, 5) is 28.9. The van der Waals surface area contributed by atoms with Crippen LogP contribution in [0.15, 0.2) is 35.1 Å². The smallest absolute Gasteiger partial charge is 0.293 e. The molecule has 0 spiro atoms. The predicted molar refractivity (Wildman–Crippen MR) is 120 cm³/mol. The van der Waals surface area contributed by atoms with E-state index in [1.54, 1.807) is 6.07 Å². The summed E-state index contributed by atoms with van der Waals surface area (Å²) in [6.07, 6.45) is 1.57. The Morgan fingerprint density at radius 3 is 2.45 bits per heavy atom. The highest BCUT2D eigenvalue weighted by Crippen LogP contribution is 2.30. The molecule has 0 saturated carbocycles. The van der Waals surface area contributed by atoms with Crippen LogP contribution < -0.4 is 10.7 Å². The van der Waals surface area contributed by atoms with Gasteiger partial charge in [0.2, 0.25) is 0 Å². The van der Waals surface area contributed by atoms with Crippen molar-refractivity contribution in [2.75, 3.05) is 38.8 Å². The lowest BCUT2D eigenvalue weighted by molar-refractivity contribution is -0.383. The standard InChI is InChI=1S/C18H20N4O4.CH4O3S/c1-21(2)9-3-8-19-14-6-7-15(22(25)26)17-16(14)18(24)12-10-11(23)4-5-13(12)20-17;1-5(2,3)4/h4-7,10,19,23H,3,8-9H2,1-2H3,(H,20,24);1H3,(H,2,3,4). The fourth-order valence-electron chi connectivity index (χ4n) is 2.97. The molecule has 1 heterocycles. The highest BCUT2D eigenvalue weighted by molar-refractivity contribution is 7.85. The van der Waals surface area contributed by atoms with E-state index in [4.69, 9.17) is 4.55 Å². The van der Waals surface area contributed by atoms with E-state index in [1.165, 1.54) is 24.3 Å². The molecule has 0 radical (unpaired) electrons. The van der Waals surface area contributed by atoms with Gasteiger partial charge in [0.25, 0.3) is 15.8 Å². The number of nitrogens with zero attached hydrogens (tertiary/aromatic N) is 2. The Labute approximate surface area is 178 Å². The topological polar surface area (TPSA) is 166 Å². The molecule has 11 nitrogen and oxygen atoms in total. The first kappa shape index (κ1) is 24.1. The first-order valence-corrected chi connectivity index (χ1v) is 11.0. The van der Waals surface area contributed by atoms with Gasteiger partial charge in [-0.15, -0.1) is 0 Å². The number of benzene rings is 2. The minimum atomic E-state index is -3.67. The average molecular weight is 452 g/mol. The second kappa shape index (κ2) is 9.73. The summed E-state index contributed by atoms with van der Waals surface area (Å²) in [5, 5.41) is 24.8. The van der Waals surface area contributed by atoms with Crippen molar-refractivity contribution in [3.8, 4) is 5.75 Å². The lowest BCUT2D eigenvalue weighted by Crippen LogP contribution is -2.17. The van der Waals surface area contributed by atoms with Gasteiger partial charge in [0.05, 0.1) is 22.1 Å². The van der Waals surface area contributed by atoms with Crippen molar-refractivity contribution < 1.29 is 23.0 Å². The highest BCUT2D eigenvalue weighted by Gasteiger charge is 2.19. The summed E-state index contributed by atoms with van der Waals surface area (Å²) in [6.45, 7) is 1.51. The van der Waals surface area contributed by atoms with Gasteiger partial charge >= 0.3 is 0 Å². The quantitative estimate of drug-likeness (QED) is 0.144. The van der Waals surface area contributed by atoms with Crippen LogP contribution in [0, 0.1) is 10.1 Å². The maximum Gasteiger partial charge on any atom is 0.293 e. The number of anilines is 1. The molecule has 0 unspecified atom stereocenters. The van der Waals surface area contributed by atoms with Crippen LogP contribution in [0.25, 0.3) is 21.8 Å². The Kier molecular flexibility index (Phi) is 7.55. The summed E-state index contributed by atoms with van der Waals surface area (Å²) in [6, 6.07) is 7.27. The third kappa shape index (κ3) is 6.64. The molecule has 0 aliphatic carbocycles. The molecule has 31 heavy (non-hydrogen) atoms. The molecule has 12 heteroatoms. The van der Waals surface area contributed by atoms with Crippen molar-refractivity contribution in [3.05, 3.63) is 50.7 Å². The van der Waals surface area contributed by atoms with Crippen LogP contribution in [-0.4, -0.2) is 66.3 Å². The first-order chi connectivity index (χ1) is 14.4. The number of phenols is 1. The van der Waals surface area contributed by atoms with Gasteiger partial charge in [-0.3, -0.25) is 19.5 Å². The number of aromatic amines is 1. The van der Waals surface area contributed by atoms with Crippen molar-refractivity contribution in [3.63, 3.8) is 0 Å². The number of hydrogen-bond donors (Lipinski definition) is 4. The molecule has 2 aromatic carbocycles. The third-order valence-electron chi connectivity index (χ3n) is 4.21. The zero-order valence-corrected chi connectivity index (χ0v) is 18.1. The maximum absolute atomic E-state index is 13.0. The zero-order valence-electron chi connectivity index (χ0n) is 17.2. The Morgan fingerprint density at radius 2 is 1.87 bits per heavy atom. The van der Waals surface area contributed by atoms with Crippen LogP contribution in [-0.2, 0) is 10.1 Å². The molecular formula is C19H24N4O7S. The molecule has 0 aliphatic heterocycles. The lowest BCUT2D eigenvalue weighted by atomic mass is 10.1. The number of non-ortho nitro benzene ring substituents is 1. The molecule has 0 saturated heterocycles. The number of nitro groups is 1. The van der Waals surface area contributed by atoms with Crippen molar-refractivity contribution in [2.45, 2.75) is 6.42 Å². The number of phenolic OH excluding ortho intramolecular Hbond substituents is 1. The molecule has 0 atom stereocenters. The molecule has 0 amide bonds. The fourth-order valence-corrected chi connectivity index (χ4v) is 2.97. The summed E-state index contributed by atoms with van der Waals surface area (Å²) in [5.41, 5.74) is 0.634. The monoisotopic (exact) mass is 452 g/mol. The number of nitro benzene ring substituents is 1. The fraction of sp³-hybridized carbons (Fsp3) is 0.316. The zero-order chi connectivity index (χ0) is 23.3. The van der Waals surface area contributed by atoms with Gasteiger partial charge in [0.15, 0.2) is 5.43 Å². The van der Waals surface area contributed by atoms with Crippen LogP contribution in [0.5, 0.6) is 5.75 Å². The molecule has 0 bridgehead atoms. The number of aromatic hydroxyl groups is 1. The van der Waals surface area contributed by atoms with E-state index < -0.39 is 15.0 Å². The molecule has 1 aromatic heterocycles. The van der Waals surface area contributed by atoms with Crippen molar-refractivity contribution in [1.82, 2.24) is 9.88 Å². The van der Waals surface area contributed by atoms with Crippen molar-refractivity contribution in [1.29, 1.82) is 0 Å². The molecule has 3 rings (SSSR count). The summed E-state index contributed by atoms with van der Waals surface area (Å²) in [7, 11) is 0.287. The molecule has 0 fully saturated rings. The molecular weight excluding hydrogens is 428 g/mol. The Morgan fingerprint density at radius 1 is 1.23 bits per heavy atom. The number of H-pyrrole nitrogens is 1. The van der Waals surface area contributed by atoms with E-state index in [1.807, 2.05) is 14.1 Å². The molecule has 4 N–H and O–H groups in total. The van der Waals surface area contributed by atoms with Crippen molar-refractivity contribution >= 4 is 43.3 Å². The van der Waals surface area contributed by atoms with E-state index in [0.29, 0.717) is 24.0 Å². The number of rotatable bonds is 6. The van der Waals surface area contributed by atoms with E-state index in [9.17, 15) is 28.4 Å². The number of pyridine rings is 1. The summed E-state index contributed by atoms with van der Waals surface area (Å²) < 4.78 is 25.9. The third-order valence-corrected chi connectivity index (χ3v) is 4.21. The van der Waals surface area contributed by atoms with Gasteiger partial charge in [0, 0.05) is 23.7 Å². The van der Waals surface area contributed by atoms with Crippen LogP contribution in [0.1, 0.15) is 6.42 Å². The van der Waals surface area contributed by atoms with E-state index in [0.717, 1.165) is 13.0 Å². The van der Waals surface area contributed by atoms with Gasteiger partial charge in [-0.25, -0.2) is 0 Å². The number of hydrogen-bond acceptors (Lipinski definition) is 8. The average Bonchev–Trinajstić information content (AvgIpc) is 2.64. The van der Waals surface area contributed by atoms with Crippen LogP contribution in [0.4, 0.5) is 11.4 Å². The molecule has 3 aromatic rings. The maximum atomic E-state index is 13.0. The lowest BCUT2D eigenvalue weighted by Gasteiger charge is -2.13. The van der Waals surface area contributed by atoms with E-state index >= 15 is 0 Å². The summed E-state index contributed by atoms with van der Waals surface area (Å²) >= 11 is 0. The minimum Gasteiger partial charge on any atom is -0.508 e. The summed E-state index contributed by atoms with van der Waals surface area (Å²) in [5.74, 6) is -0.0340. The number of fused-ring (bicyclic) bond motifs is 2. The second-order valence-electron chi connectivity index (χ2n) is 7.14. The Hall–Kier alpha value is -3.22. The van der Waals surface area contributed by atoms with Gasteiger partial charge in [-0.05, 0) is 51.3 Å².